The third-order valence-corrected chi connectivity index (χ3v) is 3.74. The molecule has 1 heterocycles. The molecule has 0 spiro atoms. The zero-order valence-corrected chi connectivity index (χ0v) is 9.93. The minimum absolute atomic E-state index is 0.284. The van der Waals surface area contributed by atoms with E-state index >= 15 is 0 Å². The van der Waals surface area contributed by atoms with Crippen LogP contribution < -0.4 is 4.90 Å². The summed E-state index contributed by atoms with van der Waals surface area (Å²) in [6.07, 6.45) is 8.33. The average molecular weight is 227 g/mol. The molecule has 2 heteroatoms. The quantitative estimate of drug-likeness (QED) is 0.711. The van der Waals surface area contributed by atoms with Gasteiger partial charge in [-0.2, -0.15) is 0 Å². The summed E-state index contributed by atoms with van der Waals surface area (Å²) >= 11 is 0. The van der Waals surface area contributed by atoms with Crippen LogP contribution in [-0.4, -0.2) is 12.5 Å². The van der Waals surface area contributed by atoms with Gasteiger partial charge in [-0.3, -0.25) is 4.79 Å². The number of carbonyl (C=O) groups is 1. The second-order valence-electron chi connectivity index (χ2n) is 4.89. The Kier molecular flexibility index (Phi) is 2.71. The molecule has 17 heavy (non-hydrogen) atoms. The van der Waals surface area contributed by atoms with E-state index in [9.17, 15) is 4.79 Å². The number of hydrogen-bond acceptors (Lipinski definition) is 1. The molecule has 1 aliphatic carbocycles. The standard InChI is InChI=1S/C15H17NO/c17-15(11-12-5-1-2-6-12)16-10-9-13-7-3-4-8-14(13)16/h1,3-5,7-8,12H,2,6,9-11H2. The molecule has 1 amide bonds. The van der Waals surface area contributed by atoms with Crippen LogP contribution in [0.5, 0.6) is 0 Å². The van der Waals surface area contributed by atoms with Crippen molar-refractivity contribution in [3.63, 3.8) is 0 Å². The second kappa shape index (κ2) is 4.36. The maximum absolute atomic E-state index is 12.3. The molecule has 2 nitrogen and oxygen atoms in total. The summed E-state index contributed by atoms with van der Waals surface area (Å²) in [5.41, 5.74) is 2.43. The summed E-state index contributed by atoms with van der Waals surface area (Å²) in [5.74, 6) is 0.752. The van der Waals surface area contributed by atoms with Crippen molar-refractivity contribution in [2.45, 2.75) is 25.7 Å². The number of amides is 1. The lowest BCUT2D eigenvalue weighted by atomic mass is 10.0. The van der Waals surface area contributed by atoms with Crippen LogP contribution in [0.4, 0.5) is 5.69 Å². The highest BCUT2D eigenvalue weighted by Crippen LogP contribution is 2.29. The van der Waals surface area contributed by atoms with Crippen LogP contribution in [0.3, 0.4) is 0 Å². The molecule has 0 fully saturated rings. The summed E-state index contributed by atoms with van der Waals surface area (Å²) in [4.78, 5) is 14.2. The number of nitrogens with zero attached hydrogens (tertiary/aromatic N) is 1. The number of fused-ring (bicyclic) bond motifs is 1. The molecule has 3 rings (SSSR count). The van der Waals surface area contributed by atoms with Gasteiger partial charge in [0, 0.05) is 18.7 Å². The topological polar surface area (TPSA) is 20.3 Å². The second-order valence-corrected chi connectivity index (χ2v) is 4.89. The molecule has 1 aromatic carbocycles. The first-order chi connectivity index (χ1) is 8.34. The molecule has 1 atom stereocenters. The Balaban J connectivity index is 1.73. The van der Waals surface area contributed by atoms with Crippen LogP contribution in [-0.2, 0) is 11.2 Å². The van der Waals surface area contributed by atoms with Crippen molar-refractivity contribution >= 4 is 11.6 Å². The lowest BCUT2D eigenvalue weighted by Gasteiger charge is -2.19. The van der Waals surface area contributed by atoms with Crippen LogP contribution in [0.15, 0.2) is 36.4 Å². The van der Waals surface area contributed by atoms with Gasteiger partial charge in [-0.15, -0.1) is 0 Å². The van der Waals surface area contributed by atoms with Crippen molar-refractivity contribution in [1.29, 1.82) is 0 Å². The number of hydrogen-bond donors (Lipinski definition) is 0. The van der Waals surface area contributed by atoms with Gasteiger partial charge in [0.1, 0.15) is 0 Å². The minimum atomic E-state index is 0.284. The average Bonchev–Trinajstić information content (AvgIpc) is 2.96. The van der Waals surface area contributed by atoms with Crippen molar-refractivity contribution in [1.82, 2.24) is 0 Å². The van der Waals surface area contributed by atoms with Gasteiger partial charge in [0.15, 0.2) is 0 Å². The van der Waals surface area contributed by atoms with Crippen LogP contribution in [0, 0.1) is 5.92 Å². The third kappa shape index (κ3) is 1.99. The predicted octanol–water partition coefficient (Wildman–Crippen LogP) is 2.93. The summed E-state index contributed by atoms with van der Waals surface area (Å²) in [6, 6.07) is 8.25. The van der Waals surface area contributed by atoms with E-state index in [1.165, 1.54) is 5.56 Å². The Labute approximate surface area is 102 Å². The van der Waals surface area contributed by atoms with Crippen LogP contribution in [0.1, 0.15) is 24.8 Å². The monoisotopic (exact) mass is 227 g/mol. The highest BCUT2D eigenvalue weighted by molar-refractivity contribution is 5.95. The van der Waals surface area contributed by atoms with Gasteiger partial charge in [0.05, 0.1) is 0 Å². The molecule has 1 unspecified atom stereocenters. The van der Waals surface area contributed by atoms with E-state index in [-0.39, 0.29) is 5.91 Å². The van der Waals surface area contributed by atoms with Crippen molar-refractivity contribution < 1.29 is 4.79 Å². The number of anilines is 1. The van der Waals surface area contributed by atoms with Gasteiger partial charge in [-0.1, -0.05) is 30.4 Å². The molecule has 2 aliphatic rings. The lowest BCUT2D eigenvalue weighted by molar-refractivity contribution is -0.119. The Morgan fingerprint density at radius 2 is 2.24 bits per heavy atom. The van der Waals surface area contributed by atoms with E-state index in [4.69, 9.17) is 0 Å². The van der Waals surface area contributed by atoms with Crippen LogP contribution in [0.25, 0.3) is 0 Å². The van der Waals surface area contributed by atoms with Gasteiger partial charge in [0.25, 0.3) is 0 Å². The number of allylic oxidation sites excluding steroid dienone is 2. The minimum Gasteiger partial charge on any atom is -0.312 e. The number of carbonyl (C=O) groups excluding carboxylic acids is 1. The van der Waals surface area contributed by atoms with Gasteiger partial charge >= 0.3 is 0 Å². The van der Waals surface area contributed by atoms with Crippen LogP contribution >= 0.6 is 0 Å². The van der Waals surface area contributed by atoms with E-state index in [0.717, 1.165) is 31.5 Å². The summed E-state index contributed by atoms with van der Waals surface area (Å²) in [5, 5.41) is 0. The maximum Gasteiger partial charge on any atom is 0.227 e. The molecular formula is C15H17NO. The first-order valence-electron chi connectivity index (χ1n) is 6.39. The van der Waals surface area contributed by atoms with Crippen molar-refractivity contribution in [2.75, 3.05) is 11.4 Å². The van der Waals surface area contributed by atoms with E-state index in [0.29, 0.717) is 12.3 Å². The summed E-state index contributed by atoms with van der Waals surface area (Å²) in [7, 11) is 0. The SMILES string of the molecule is O=C(CC1C=CCC1)N1CCc2ccccc21. The smallest absolute Gasteiger partial charge is 0.227 e. The van der Waals surface area contributed by atoms with Crippen molar-refractivity contribution in [3.8, 4) is 0 Å². The molecule has 0 bridgehead atoms. The first kappa shape index (κ1) is 10.6. The fourth-order valence-corrected chi connectivity index (χ4v) is 2.80. The fourth-order valence-electron chi connectivity index (χ4n) is 2.80. The zero-order chi connectivity index (χ0) is 11.7. The van der Waals surface area contributed by atoms with Crippen LogP contribution in [0.2, 0.25) is 0 Å². The van der Waals surface area contributed by atoms with Crippen molar-refractivity contribution in [2.24, 2.45) is 5.92 Å². The molecule has 0 aromatic heterocycles. The van der Waals surface area contributed by atoms with Gasteiger partial charge < -0.3 is 4.90 Å². The van der Waals surface area contributed by atoms with E-state index < -0.39 is 0 Å². The molecule has 1 aromatic rings. The maximum atomic E-state index is 12.3. The fraction of sp³-hybridized carbons (Fsp3) is 0.400. The Bertz CT molecular complexity index is 464. The summed E-state index contributed by atoms with van der Waals surface area (Å²) < 4.78 is 0. The Morgan fingerprint density at radius 1 is 1.35 bits per heavy atom. The first-order valence-corrected chi connectivity index (χ1v) is 6.39. The molecule has 0 saturated carbocycles. The van der Waals surface area contributed by atoms with E-state index in [1.54, 1.807) is 0 Å². The zero-order valence-electron chi connectivity index (χ0n) is 9.93. The van der Waals surface area contributed by atoms with E-state index in [2.05, 4.69) is 24.3 Å². The molecule has 88 valence electrons. The van der Waals surface area contributed by atoms with Gasteiger partial charge in [0.2, 0.25) is 5.91 Å². The summed E-state index contributed by atoms with van der Waals surface area (Å²) in [6.45, 7) is 0.856. The largest absolute Gasteiger partial charge is 0.312 e. The van der Waals surface area contributed by atoms with Gasteiger partial charge in [-0.05, 0) is 36.8 Å². The highest BCUT2D eigenvalue weighted by Gasteiger charge is 2.25. The van der Waals surface area contributed by atoms with Crippen molar-refractivity contribution in [3.05, 3.63) is 42.0 Å². The van der Waals surface area contributed by atoms with E-state index in [1.807, 2.05) is 17.0 Å². The third-order valence-electron chi connectivity index (χ3n) is 3.74. The molecule has 1 aliphatic heterocycles. The molecule has 0 radical (unpaired) electrons. The molecule has 0 N–H and O–H groups in total. The molecular weight excluding hydrogens is 210 g/mol. The predicted molar refractivity (Wildman–Crippen MR) is 69.0 cm³/mol. The van der Waals surface area contributed by atoms with Gasteiger partial charge in [-0.25, -0.2) is 0 Å². The number of para-hydroxylation sites is 1. The normalized spacial score (nSPS) is 21.9. The Morgan fingerprint density at radius 3 is 3.06 bits per heavy atom. The number of benzene rings is 1. The Hall–Kier alpha value is -1.57. The number of rotatable bonds is 2. The highest BCUT2D eigenvalue weighted by atomic mass is 16.2. The molecule has 0 saturated heterocycles. The lowest BCUT2D eigenvalue weighted by Crippen LogP contribution is -2.29.